The molecule has 1 aromatic rings. The van der Waals surface area contributed by atoms with Crippen LogP contribution in [-0.2, 0) is 4.74 Å². The summed E-state index contributed by atoms with van der Waals surface area (Å²) in [4.78, 5) is 3.31. The Kier molecular flexibility index (Phi) is 4.20. The lowest BCUT2D eigenvalue weighted by molar-refractivity contribution is 0.361. The molecule has 1 aliphatic carbocycles. The maximum absolute atomic E-state index is 5.83. The van der Waals surface area contributed by atoms with E-state index in [0.717, 1.165) is 18.6 Å². The molecule has 0 unspecified atom stereocenters. The van der Waals surface area contributed by atoms with Crippen molar-refractivity contribution in [3.63, 3.8) is 0 Å². The third kappa shape index (κ3) is 3.08. The number of benzene rings is 1. The number of anilines is 1. The van der Waals surface area contributed by atoms with Crippen LogP contribution in [0.1, 0.15) is 18.4 Å². The lowest BCUT2D eigenvalue weighted by Crippen LogP contribution is -2.08. The monoisotopic (exact) mass is 297 g/mol. The number of hydrogen-bond acceptors (Lipinski definition) is 3. The van der Waals surface area contributed by atoms with Crippen molar-refractivity contribution in [2.75, 3.05) is 19.0 Å². The number of rotatable bonds is 3. The van der Waals surface area contributed by atoms with E-state index in [1.54, 1.807) is 18.0 Å². The van der Waals surface area contributed by atoms with E-state index in [2.05, 4.69) is 61.5 Å². The fourth-order valence-electron chi connectivity index (χ4n) is 2.42. The van der Waals surface area contributed by atoms with Crippen molar-refractivity contribution in [3.05, 3.63) is 71.1 Å². The zero-order valence-electron chi connectivity index (χ0n) is 12.4. The largest absolute Gasteiger partial charge is 0.463 e. The molecule has 0 saturated heterocycles. The first kappa shape index (κ1) is 14.1. The molecule has 0 atom stereocenters. The molecule has 0 aromatic heterocycles. The Morgan fingerprint density at radius 3 is 2.62 bits per heavy atom. The van der Waals surface area contributed by atoms with Crippen molar-refractivity contribution < 1.29 is 4.74 Å². The van der Waals surface area contributed by atoms with Crippen LogP contribution in [0.25, 0.3) is 4.91 Å². The van der Waals surface area contributed by atoms with Gasteiger partial charge in [-0.3, -0.25) is 0 Å². The Bertz CT molecular complexity index is 636. The number of nitrogens with zero attached hydrogens (tertiary/aromatic N) is 1. The van der Waals surface area contributed by atoms with Crippen LogP contribution in [0.2, 0.25) is 0 Å². The first-order valence-electron chi connectivity index (χ1n) is 7.12. The van der Waals surface area contributed by atoms with Gasteiger partial charge >= 0.3 is 0 Å². The zero-order valence-corrected chi connectivity index (χ0v) is 13.2. The number of hydrogen-bond donors (Lipinski definition) is 0. The number of ether oxygens (including phenoxy) is 1. The number of allylic oxidation sites excluding steroid dienone is 4. The first-order valence-corrected chi connectivity index (χ1v) is 8.00. The van der Waals surface area contributed by atoms with E-state index in [1.807, 2.05) is 5.41 Å². The second-order valence-corrected chi connectivity index (χ2v) is 6.18. The minimum atomic E-state index is 1.00. The summed E-state index contributed by atoms with van der Waals surface area (Å²) in [5.74, 6) is 1.00. The molecular weight excluding hydrogens is 278 g/mol. The van der Waals surface area contributed by atoms with Crippen LogP contribution in [0.3, 0.4) is 0 Å². The molecule has 0 fully saturated rings. The quantitative estimate of drug-likeness (QED) is 0.784. The molecule has 2 nitrogen and oxygen atoms in total. The molecule has 0 radical (unpaired) electrons. The van der Waals surface area contributed by atoms with Crippen LogP contribution in [0.5, 0.6) is 0 Å². The van der Waals surface area contributed by atoms with Gasteiger partial charge in [-0.25, -0.2) is 0 Å². The second kappa shape index (κ2) is 6.27. The Morgan fingerprint density at radius 1 is 1.14 bits per heavy atom. The molecule has 1 aliphatic heterocycles. The normalized spacial score (nSPS) is 17.5. The smallest absolute Gasteiger partial charge is 0.144 e. The molecule has 0 N–H and O–H groups in total. The molecule has 3 rings (SSSR count). The lowest BCUT2D eigenvalue weighted by atomic mass is 10.0. The van der Waals surface area contributed by atoms with Gasteiger partial charge in [0.1, 0.15) is 5.76 Å². The summed E-state index contributed by atoms with van der Waals surface area (Å²) in [5.41, 5.74) is 3.69. The van der Waals surface area contributed by atoms with E-state index < -0.39 is 0 Å². The Labute approximate surface area is 130 Å². The van der Waals surface area contributed by atoms with E-state index >= 15 is 0 Å². The van der Waals surface area contributed by atoms with Crippen LogP contribution in [0.4, 0.5) is 5.69 Å². The van der Waals surface area contributed by atoms with Gasteiger partial charge in [-0.15, -0.1) is 0 Å². The molecule has 1 heterocycles. The maximum Gasteiger partial charge on any atom is 0.144 e. The molecular formula is C18H19NOS. The van der Waals surface area contributed by atoms with Crippen molar-refractivity contribution in [2.45, 2.75) is 12.8 Å². The summed E-state index contributed by atoms with van der Waals surface area (Å²) in [7, 11) is 4.11. The molecule has 2 aliphatic rings. The molecule has 3 heteroatoms. The van der Waals surface area contributed by atoms with Gasteiger partial charge in [0, 0.05) is 25.2 Å². The predicted molar refractivity (Wildman–Crippen MR) is 92.0 cm³/mol. The highest BCUT2D eigenvalue weighted by molar-refractivity contribution is 8.11. The summed E-state index contributed by atoms with van der Waals surface area (Å²) in [5, 5.41) is 2.00. The average molecular weight is 297 g/mol. The minimum absolute atomic E-state index is 1.00. The standard InChI is InChI=1S/C18H19NOS/c1-19(2)16-10-8-15(9-11-16)18-17(20-12-13-21-18)14-6-4-3-5-7-14/h3-4,6,8-13H,5,7H2,1-2H3. The molecule has 0 bridgehead atoms. The SMILES string of the molecule is CN(C)c1ccc(C2=C(C3=CC=CCC3)OC=CS2)cc1. The van der Waals surface area contributed by atoms with E-state index in [4.69, 9.17) is 4.74 Å². The summed E-state index contributed by atoms with van der Waals surface area (Å²) >= 11 is 1.73. The summed E-state index contributed by atoms with van der Waals surface area (Å²) in [6.45, 7) is 0. The van der Waals surface area contributed by atoms with Gasteiger partial charge < -0.3 is 9.64 Å². The molecule has 0 saturated carbocycles. The summed E-state index contributed by atoms with van der Waals surface area (Å²) in [6.07, 6.45) is 10.4. The fourth-order valence-corrected chi connectivity index (χ4v) is 3.23. The van der Waals surface area contributed by atoms with Crippen molar-refractivity contribution in [1.29, 1.82) is 0 Å². The van der Waals surface area contributed by atoms with E-state index in [9.17, 15) is 0 Å². The average Bonchev–Trinajstić information content (AvgIpc) is 2.56. The topological polar surface area (TPSA) is 12.5 Å². The minimum Gasteiger partial charge on any atom is -0.463 e. The molecule has 108 valence electrons. The third-order valence-electron chi connectivity index (χ3n) is 3.58. The Hall–Kier alpha value is -1.87. The molecule has 21 heavy (non-hydrogen) atoms. The van der Waals surface area contributed by atoms with Gasteiger partial charge in [0.15, 0.2) is 0 Å². The lowest BCUT2D eigenvalue weighted by Gasteiger charge is -2.20. The third-order valence-corrected chi connectivity index (χ3v) is 4.49. The highest BCUT2D eigenvalue weighted by Crippen LogP contribution is 2.40. The molecule has 0 amide bonds. The van der Waals surface area contributed by atoms with Crippen molar-refractivity contribution >= 4 is 22.4 Å². The molecule has 0 spiro atoms. The Balaban J connectivity index is 1.98. The van der Waals surface area contributed by atoms with Crippen LogP contribution in [0, 0.1) is 0 Å². The van der Waals surface area contributed by atoms with Gasteiger partial charge in [0.25, 0.3) is 0 Å². The Morgan fingerprint density at radius 2 is 1.95 bits per heavy atom. The van der Waals surface area contributed by atoms with Crippen LogP contribution in [-0.4, -0.2) is 14.1 Å². The first-order chi connectivity index (χ1) is 10.3. The molecule has 1 aromatic carbocycles. The second-order valence-electron chi connectivity index (χ2n) is 5.27. The highest BCUT2D eigenvalue weighted by atomic mass is 32.2. The van der Waals surface area contributed by atoms with Gasteiger partial charge in [0.2, 0.25) is 0 Å². The van der Waals surface area contributed by atoms with Crippen molar-refractivity contribution in [2.24, 2.45) is 0 Å². The van der Waals surface area contributed by atoms with E-state index in [0.29, 0.717) is 0 Å². The van der Waals surface area contributed by atoms with Crippen molar-refractivity contribution in [3.8, 4) is 0 Å². The van der Waals surface area contributed by atoms with Gasteiger partial charge in [0.05, 0.1) is 11.2 Å². The zero-order chi connectivity index (χ0) is 14.7. The summed E-state index contributed by atoms with van der Waals surface area (Å²) in [6, 6.07) is 8.63. The van der Waals surface area contributed by atoms with Gasteiger partial charge in [-0.2, -0.15) is 0 Å². The van der Waals surface area contributed by atoms with Crippen molar-refractivity contribution in [1.82, 2.24) is 0 Å². The maximum atomic E-state index is 5.83. The van der Waals surface area contributed by atoms with Crippen LogP contribution in [0.15, 0.2) is 65.5 Å². The van der Waals surface area contributed by atoms with E-state index in [1.165, 1.54) is 21.7 Å². The predicted octanol–water partition coefficient (Wildman–Crippen LogP) is 4.93. The highest BCUT2D eigenvalue weighted by Gasteiger charge is 2.18. The summed E-state index contributed by atoms with van der Waals surface area (Å²) < 4.78 is 5.83. The van der Waals surface area contributed by atoms with E-state index in [-0.39, 0.29) is 0 Å². The fraction of sp³-hybridized carbons (Fsp3) is 0.222. The van der Waals surface area contributed by atoms with Crippen LogP contribution >= 0.6 is 11.8 Å². The van der Waals surface area contributed by atoms with Gasteiger partial charge in [-0.1, -0.05) is 42.1 Å². The number of thioether (sulfide) groups is 1. The van der Waals surface area contributed by atoms with Crippen LogP contribution < -0.4 is 4.90 Å². The van der Waals surface area contributed by atoms with Gasteiger partial charge in [-0.05, 0) is 36.1 Å².